The number of hydrogen-bond acceptors (Lipinski definition) is 13. The van der Waals surface area contributed by atoms with Crippen molar-refractivity contribution in [1.82, 2.24) is 47.9 Å². The van der Waals surface area contributed by atoms with Gasteiger partial charge in [0.1, 0.15) is 42.3 Å². The molecule has 0 aliphatic heterocycles. The number of amides is 9. The van der Waals surface area contributed by atoms with Crippen LogP contribution >= 0.6 is 0 Å². The lowest BCUT2D eigenvalue weighted by Gasteiger charge is -2.28. The molecule has 1 aromatic carbocycles. The number of nitrogens with two attached hydrogens (primary N) is 4. The third-order valence-corrected chi connectivity index (χ3v) is 9.94. The summed E-state index contributed by atoms with van der Waals surface area (Å²) in [5, 5.41) is 23.6. The Kier molecular flexibility index (Phi) is 28.2. The van der Waals surface area contributed by atoms with E-state index in [0.29, 0.717) is 18.5 Å². The summed E-state index contributed by atoms with van der Waals surface area (Å²) in [6, 6.07) is 0.806. The molecule has 1 aromatic rings. The van der Waals surface area contributed by atoms with Gasteiger partial charge in [0, 0.05) is 19.4 Å². The maximum Gasteiger partial charge on any atom is 0.243 e. The first-order valence-corrected chi connectivity index (χ1v) is 22.5. The second-order valence-electron chi connectivity index (χ2n) is 15.9. The van der Waals surface area contributed by atoms with Crippen LogP contribution in [0.5, 0.6) is 0 Å². The molecule has 0 saturated carbocycles. The van der Waals surface area contributed by atoms with Crippen LogP contribution in [-0.4, -0.2) is 135 Å². The number of benzene rings is 1. The lowest BCUT2D eigenvalue weighted by atomic mass is 10.00. The average molecular weight is 918 g/mol. The Balaban J connectivity index is 3.28. The van der Waals surface area contributed by atoms with Crippen molar-refractivity contribution in [2.45, 2.75) is 135 Å². The van der Waals surface area contributed by atoms with Crippen molar-refractivity contribution >= 4 is 53.2 Å². The fourth-order valence-electron chi connectivity index (χ4n) is 6.55. The molecule has 7 atom stereocenters. The maximum atomic E-state index is 14.1. The predicted octanol–water partition coefficient (Wildman–Crippen LogP) is -3.47. The molecular formula is C43H75N13O9. The van der Waals surface area contributed by atoms with E-state index in [0.717, 1.165) is 0 Å². The molecule has 0 heterocycles. The Morgan fingerprint density at radius 2 is 0.877 bits per heavy atom. The van der Waals surface area contributed by atoms with Crippen LogP contribution in [0, 0.1) is 5.92 Å². The Labute approximate surface area is 382 Å². The van der Waals surface area contributed by atoms with Gasteiger partial charge < -0.3 is 70.8 Å². The second-order valence-corrected chi connectivity index (χ2v) is 15.9. The van der Waals surface area contributed by atoms with Gasteiger partial charge in [-0.05, 0) is 89.5 Å². The van der Waals surface area contributed by atoms with Crippen LogP contribution in [0.1, 0.15) is 91.5 Å². The van der Waals surface area contributed by atoms with Crippen molar-refractivity contribution in [2.24, 2.45) is 28.9 Å². The number of hydrogen-bond donors (Lipinski definition) is 13. The second kappa shape index (κ2) is 32.0. The maximum absolute atomic E-state index is 14.1. The van der Waals surface area contributed by atoms with Crippen molar-refractivity contribution in [3.63, 3.8) is 0 Å². The molecule has 22 nitrogen and oxygen atoms in total. The molecule has 0 aliphatic rings. The van der Waals surface area contributed by atoms with Crippen LogP contribution in [0.15, 0.2) is 30.3 Å². The molecule has 22 heteroatoms. The average Bonchev–Trinajstić information content (AvgIpc) is 3.26. The van der Waals surface area contributed by atoms with Crippen LogP contribution in [0.2, 0.25) is 0 Å². The monoisotopic (exact) mass is 918 g/mol. The van der Waals surface area contributed by atoms with Gasteiger partial charge in [0.05, 0.1) is 6.54 Å². The van der Waals surface area contributed by atoms with Gasteiger partial charge in [-0.2, -0.15) is 0 Å². The summed E-state index contributed by atoms with van der Waals surface area (Å²) in [7, 11) is 0. The number of carbonyl (C=O) groups excluding carboxylic acids is 9. The fourth-order valence-corrected chi connectivity index (χ4v) is 6.55. The van der Waals surface area contributed by atoms with Crippen LogP contribution < -0.4 is 70.8 Å². The van der Waals surface area contributed by atoms with E-state index in [2.05, 4.69) is 47.9 Å². The molecule has 0 aromatic heterocycles. The largest absolute Gasteiger partial charge is 0.355 e. The van der Waals surface area contributed by atoms with E-state index in [1.54, 1.807) is 44.2 Å². The van der Waals surface area contributed by atoms with Crippen LogP contribution in [0.3, 0.4) is 0 Å². The third kappa shape index (κ3) is 22.2. The summed E-state index contributed by atoms with van der Waals surface area (Å²) < 4.78 is 0. The Hall–Kier alpha value is -5.71. The standard InChI is InChI=1S/C43H75N13O9/c1-6-12-35(57)50-29(15-19-44)38(60)49-25-36(58)51-30(16-20-45)39(61)56-34(24-27-13-10-9-11-14-27)43(65)55-33(23-26(4)5)42(64)54-32(18-22-47)41(63)53-31(17-21-46)40(62)52-28(7-2)37(59)48-8-3/h9-11,13-14,26,28-34H,6-8,12,15-25,44-47H2,1-5H3,(H,48,59)(H,49,60)(H,50,57)(H,51,58)(H,52,62)(H,53,63)(H,54,64)(H,55,65)(H,56,61)/t28-,29-,30-,31-,32-,33-,34+/m0/s1. The lowest BCUT2D eigenvalue weighted by molar-refractivity contribution is -0.135. The number of carbonyl (C=O) groups is 9. The van der Waals surface area contributed by atoms with Crippen molar-refractivity contribution in [1.29, 1.82) is 0 Å². The van der Waals surface area contributed by atoms with Gasteiger partial charge in [-0.15, -0.1) is 0 Å². The minimum Gasteiger partial charge on any atom is -0.355 e. The Morgan fingerprint density at radius 3 is 1.34 bits per heavy atom. The Morgan fingerprint density at radius 1 is 0.477 bits per heavy atom. The highest BCUT2D eigenvalue weighted by Crippen LogP contribution is 2.10. The van der Waals surface area contributed by atoms with Gasteiger partial charge in [0.2, 0.25) is 53.2 Å². The predicted molar refractivity (Wildman–Crippen MR) is 245 cm³/mol. The summed E-state index contributed by atoms with van der Waals surface area (Å²) in [6.45, 7) is 8.78. The normalized spacial score (nSPS) is 14.2. The molecule has 0 spiro atoms. The van der Waals surface area contributed by atoms with Crippen molar-refractivity contribution in [3.8, 4) is 0 Å². The first-order chi connectivity index (χ1) is 31.0. The molecule has 0 bridgehead atoms. The molecule has 1 rings (SSSR count). The van der Waals surface area contributed by atoms with E-state index < -0.39 is 90.2 Å². The summed E-state index contributed by atoms with van der Waals surface area (Å²) in [4.78, 5) is 119. The molecular weight excluding hydrogens is 843 g/mol. The topological polar surface area (TPSA) is 366 Å². The first kappa shape index (κ1) is 57.3. The first-order valence-electron chi connectivity index (χ1n) is 22.5. The van der Waals surface area contributed by atoms with Crippen LogP contribution in [0.4, 0.5) is 0 Å². The highest BCUT2D eigenvalue weighted by molar-refractivity contribution is 5.97. The molecule has 65 heavy (non-hydrogen) atoms. The van der Waals surface area contributed by atoms with Gasteiger partial charge >= 0.3 is 0 Å². The summed E-state index contributed by atoms with van der Waals surface area (Å²) >= 11 is 0. The molecule has 0 unspecified atom stereocenters. The Bertz CT molecular complexity index is 1690. The summed E-state index contributed by atoms with van der Waals surface area (Å²) in [6.07, 6.45) is 1.22. The van der Waals surface area contributed by atoms with E-state index in [9.17, 15) is 43.2 Å². The van der Waals surface area contributed by atoms with Crippen LogP contribution in [-0.2, 0) is 49.6 Å². The van der Waals surface area contributed by atoms with Gasteiger partial charge in [0.15, 0.2) is 0 Å². The van der Waals surface area contributed by atoms with Gasteiger partial charge in [-0.1, -0.05) is 58.0 Å². The number of rotatable bonds is 32. The zero-order chi connectivity index (χ0) is 48.9. The highest BCUT2D eigenvalue weighted by Gasteiger charge is 2.33. The van der Waals surface area contributed by atoms with Gasteiger partial charge in [0.25, 0.3) is 0 Å². The molecule has 0 fully saturated rings. The molecule has 0 saturated heterocycles. The zero-order valence-corrected chi connectivity index (χ0v) is 38.6. The quantitative estimate of drug-likeness (QED) is 0.0335. The van der Waals surface area contributed by atoms with E-state index in [1.165, 1.54) is 0 Å². The minimum absolute atomic E-state index is 0.0161. The van der Waals surface area contributed by atoms with Crippen molar-refractivity contribution < 1.29 is 43.2 Å². The zero-order valence-electron chi connectivity index (χ0n) is 38.6. The van der Waals surface area contributed by atoms with Crippen LogP contribution in [0.25, 0.3) is 0 Å². The molecule has 0 aliphatic carbocycles. The smallest absolute Gasteiger partial charge is 0.243 e. The summed E-state index contributed by atoms with van der Waals surface area (Å²) in [5.41, 5.74) is 23.7. The molecule has 0 radical (unpaired) electrons. The van der Waals surface area contributed by atoms with E-state index in [1.807, 2.05) is 20.8 Å². The third-order valence-electron chi connectivity index (χ3n) is 9.94. The number of nitrogens with one attached hydrogen (secondary N) is 9. The number of likely N-dealkylation sites (N-methyl/N-ethyl adjacent to an activating group) is 1. The van der Waals surface area contributed by atoms with E-state index in [4.69, 9.17) is 22.9 Å². The van der Waals surface area contributed by atoms with E-state index >= 15 is 0 Å². The van der Waals surface area contributed by atoms with Gasteiger partial charge in [-0.3, -0.25) is 43.2 Å². The molecule has 366 valence electrons. The lowest BCUT2D eigenvalue weighted by Crippen LogP contribution is -2.60. The highest BCUT2D eigenvalue weighted by atomic mass is 16.2. The SMILES string of the molecule is CCCC(=O)N[C@@H](CCN)C(=O)NCC(=O)N[C@@H](CCN)C(=O)N[C@H](Cc1ccccc1)C(=O)N[C@@H](CC(C)C)C(=O)N[C@@H](CCN)C(=O)N[C@@H](CCN)C(=O)N[C@@H](CC)C(=O)NCC. The molecule has 17 N–H and O–H groups in total. The fraction of sp³-hybridized carbons (Fsp3) is 0.651. The van der Waals surface area contributed by atoms with Crippen molar-refractivity contribution in [3.05, 3.63) is 35.9 Å². The summed E-state index contributed by atoms with van der Waals surface area (Å²) in [5.74, 6) is -5.89. The van der Waals surface area contributed by atoms with E-state index in [-0.39, 0.29) is 95.3 Å². The van der Waals surface area contributed by atoms with Crippen molar-refractivity contribution in [2.75, 3.05) is 39.3 Å². The van der Waals surface area contributed by atoms with Gasteiger partial charge in [-0.25, -0.2) is 0 Å². The molecule has 9 amide bonds. The minimum atomic E-state index is -1.28.